The minimum atomic E-state index is -1.48. The Kier molecular flexibility index (Phi) is 5.15. The number of unbranched alkanes of at least 4 members (excludes halogenated alkanes) is 1. The van der Waals surface area contributed by atoms with Gasteiger partial charge in [-0.25, -0.2) is 9.18 Å². The summed E-state index contributed by atoms with van der Waals surface area (Å²) in [5.74, 6) is -0.581. The minimum absolute atomic E-state index is 0.0737. The van der Waals surface area contributed by atoms with E-state index in [1.807, 2.05) is 6.07 Å². The van der Waals surface area contributed by atoms with Crippen molar-refractivity contribution in [1.82, 2.24) is 15.5 Å². The number of nitrogens with one attached hydrogen (secondary N) is 2. The Hall–Kier alpha value is -3.42. The van der Waals surface area contributed by atoms with Gasteiger partial charge in [-0.05, 0) is 47.9 Å². The first kappa shape index (κ1) is 19.9. The maximum absolute atomic E-state index is 13.4. The number of carbonyl (C=O) groups is 3. The topological polar surface area (TPSA) is 87.7 Å². The summed E-state index contributed by atoms with van der Waals surface area (Å²) in [6.07, 6.45) is 1.97. The lowest BCUT2D eigenvalue weighted by molar-refractivity contribution is -0.124. The number of ether oxygens (including phenoxy) is 1. The van der Waals surface area contributed by atoms with Crippen molar-refractivity contribution < 1.29 is 23.5 Å². The van der Waals surface area contributed by atoms with Gasteiger partial charge in [-0.3, -0.25) is 14.9 Å². The zero-order chi connectivity index (χ0) is 21.3. The van der Waals surface area contributed by atoms with Crippen molar-refractivity contribution in [2.45, 2.75) is 31.8 Å². The van der Waals surface area contributed by atoms with Gasteiger partial charge in [-0.1, -0.05) is 25.5 Å². The molecule has 0 spiro atoms. The maximum atomic E-state index is 13.4. The highest BCUT2D eigenvalue weighted by molar-refractivity contribution is 6.08. The van der Waals surface area contributed by atoms with Gasteiger partial charge in [0.1, 0.15) is 11.6 Å². The zero-order valence-corrected chi connectivity index (χ0v) is 16.5. The van der Waals surface area contributed by atoms with Crippen molar-refractivity contribution in [3.05, 3.63) is 65.0 Å². The standard InChI is InChI=1S/C22H22FN3O4/c1-2-3-10-30-17-8-9-18-14(11-17)12-26(19(18)27)13-22(20(28)24-21(29)25-22)15-4-6-16(23)7-5-15/h4-9,11H,2-3,10,12-13H2,1H3,(H2,24,25,28,29). The molecular weight excluding hydrogens is 389 g/mol. The summed E-state index contributed by atoms with van der Waals surface area (Å²) in [6, 6.07) is 9.97. The molecule has 4 amide bonds. The fourth-order valence-electron chi connectivity index (χ4n) is 3.83. The van der Waals surface area contributed by atoms with Crippen LogP contribution in [0.2, 0.25) is 0 Å². The predicted octanol–water partition coefficient (Wildman–Crippen LogP) is 2.70. The number of urea groups is 1. The van der Waals surface area contributed by atoms with Gasteiger partial charge in [-0.2, -0.15) is 0 Å². The van der Waals surface area contributed by atoms with Crippen LogP contribution in [0.3, 0.4) is 0 Å². The third kappa shape index (κ3) is 3.49. The molecule has 0 saturated carbocycles. The summed E-state index contributed by atoms with van der Waals surface area (Å²) in [5.41, 5.74) is 0.257. The first-order valence-corrected chi connectivity index (χ1v) is 9.87. The van der Waals surface area contributed by atoms with Crippen molar-refractivity contribution in [3.63, 3.8) is 0 Å². The Balaban J connectivity index is 1.59. The number of fused-ring (bicyclic) bond motifs is 1. The second kappa shape index (κ2) is 7.78. The molecule has 4 rings (SSSR count). The van der Waals surface area contributed by atoms with Crippen LogP contribution in [0.4, 0.5) is 9.18 Å². The molecule has 1 unspecified atom stereocenters. The lowest BCUT2D eigenvalue weighted by atomic mass is 9.89. The van der Waals surface area contributed by atoms with Crippen LogP contribution in [-0.4, -0.2) is 35.9 Å². The molecule has 1 fully saturated rings. The van der Waals surface area contributed by atoms with Crippen LogP contribution in [0.15, 0.2) is 42.5 Å². The SMILES string of the molecule is CCCCOc1ccc2c(c1)CN(CC1(c3ccc(F)cc3)NC(=O)NC1=O)C2=O. The van der Waals surface area contributed by atoms with Gasteiger partial charge in [0.2, 0.25) is 0 Å². The lowest BCUT2D eigenvalue weighted by Crippen LogP contribution is -2.52. The lowest BCUT2D eigenvalue weighted by Gasteiger charge is -2.31. The van der Waals surface area contributed by atoms with E-state index in [1.165, 1.54) is 29.2 Å². The van der Waals surface area contributed by atoms with Gasteiger partial charge in [0.05, 0.1) is 13.2 Å². The number of carbonyl (C=O) groups excluding carboxylic acids is 3. The molecule has 2 aliphatic heterocycles. The third-order valence-corrected chi connectivity index (χ3v) is 5.43. The fourth-order valence-corrected chi connectivity index (χ4v) is 3.83. The second-order valence-corrected chi connectivity index (χ2v) is 7.50. The Bertz CT molecular complexity index is 1010. The maximum Gasteiger partial charge on any atom is 0.322 e. The third-order valence-electron chi connectivity index (χ3n) is 5.43. The molecular formula is C22H22FN3O4. The highest BCUT2D eigenvalue weighted by atomic mass is 19.1. The first-order chi connectivity index (χ1) is 14.4. The summed E-state index contributed by atoms with van der Waals surface area (Å²) >= 11 is 0. The fraction of sp³-hybridized carbons (Fsp3) is 0.318. The Labute approximate surface area is 173 Å². The van der Waals surface area contributed by atoms with E-state index in [2.05, 4.69) is 17.6 Å². The van der Waals surface area contributed by atoms with Crippen molar-refractivity contribution in [2.75, 3.05) is 13.2 Å². The van der Waals surface area contributed by atoms with Crippen LogP contribution >= 0.6 is 0 Å². The molecule has 1 atom stereocenters. The molecule has 2 aromatic carbocycles. The Morgan fingerprint density at radius 1 is 1.13 bits per heavy atom. The predicted molar refractivity (Wildman–Crippen MR) is 106 cm³/mol. The van der Waals surface area contributed by atoms with Crippen LogP contribution in [0, 0.1) is 5.82 Å². The van der Waals surface area contributed by atoms with E-state index in [0.717, 1.165) is 18.4 Å². The van der Waals surface area contributed by atoms with Gasteiger partial charge in [0.25, 0.3) is 11.8 Å². The first-order valence-electron chi connectivity index (χ1n) is 9.87. The molecule has 0 aromatic heterocycles. The van der Waals surface area contributed by atoms with Crippen molar-refractivity contribution in [3.8, 4) is 5.75 Å². The van der Waals surface area contributed by atoms with Crippen LogP contribution in [0.5, 0.6) is 5.75 Å². The average Bonchev–Trinajstić information content (AvgIpc) is 3.18. The molecule has 30 heavy (non-hydrogen) atoms. The minimum Gasteiger partial charge on any atom is -0.494 e. The smallest absolute Gasteiger partial charge is 0.322 e. The van der Waals surface area contributed by atoms with E-state index in [9.17, 15) is 18.8 Å². The Morgan fingerprint density at radius 2 is 1.90 bits per heavy atom. The van der Waals surface area contributed by atoms with Crippen LogP contribution < -0.4 is 15.4 Å². The summed E-state index contributed by atoms with van der Waals surface area (Å²) in [4.78, 5) is 39.1. The quantitative estimate of drug-likeness (QED) is 0.542. The number of benzene rings is 2. The molecule has 0 bridgehead atoms. The number of hydrogen-bond acceptors (Lipinski definition) is 4. The highest BCUT2D eigenvalue weighted by Crippen LogP contribution is 2.32. The number of hydrogen-bond donors (Lipinski definition) is 2. The van der Waals surface area contributed by atoms with E-state index in [0.29, 0.717) is 23.5 Å². The van der Waals surface area contributed by atoms with Crippen molar-refractivity contribution in [2.24, 2.45) is 0 Å². The normalized spacial score (nSPS) is 20.2. The molecule has 0 radical (unpaired) electrons. The molecule has 0 aliphatic carbocycles. The van der Waals surface area contributed by atoms with Gasteiger partial charge in [0, 0.05) is 12.1 Å². The van der Waals surface area contributed by atoms with E-state index in [1.54, 1.807) is 12.1 Å². The largest absolute Gasteiger partial charge is 0.494 e. The number of imide groups is 1. The van der Waals surface area contributed by atoms with Gasteiger partial charge >= 0.3 is 6.03 Å². The number of nitrogens with zero attached hydrogens (tertiary/aromatic N) is 1. The summed E-state index contributed by atoms with van der Waals surface area (Å²) in [5, 5.41) is 4.86. The molecule has 156 valence electrons. The molecule has 2 aromatic rings. The summed E-state index contributed by atoms with van der Waals surface area (Å²) < 4.78 is 19.1. The van der Waals surface area contributed by atoms with E-state index < -0.39 is 23.3 Å². The number of amides is 4. The number of halogens is 1. The molecule has 2 heterocycles. The monoisotopic (exact) mass is 411 g/mol. The van der Waals surface area contributed by atoms with E-state index >= 15 is 0 Å². The van der Waals surface area contributed by atoms with Gasteiger partial charge in [0.15, 0.2) is 5.54 Å². The van der Waals surface area contributed by atoms with Gasteiger partial charge < -0.3 is 15.0 Å². The highest BCUT2D eigenvalue weighted by Gasteiger charge is 2.50. The molecule has 1 saturated heterocycles. The van der Waals surface area contributed by atoms with E-state index in [-0.39, 0.29) is 19.0 Å². The molecule has 2 aliphatic rings. The second-order valence-electron chi connectivity index (χ2n) is 7.50. The summed E-state index contributed by atoms with van der Waals surface area (Å²) in [6.45, 7) is 2.89. The molecule has 8 heteroatoms. The summed E-state index contributed by atoms with van der Waals surface area (Å²) in [7, 11) is 0. The van der Waals surface area contributed by atoms with Gasteiger partial charge in [-0.15, -0.1) is 0 Å². The van der Waals surface area contributed by atoms with E-state index in [4.69, 9.17) is 4.74 Å². The van der Waals surface area contributed by atoms with Crippen LogP contribution in [0.1, 0.15) is 41.3 Å². The Morgan fingerprint density at radius 3 is 2.57 bits per heavy atom. The van der Waals surface area contributed by atoms with Crippen LogP contribution in [0.25, 0.3) is 0 Å². The number of rotatable bonds is 7. The average molecular weight is 411 g/mol. The van der Waals surface area contributed by atoms with Crippen molar-refractivity contribution >= 4 is 17.8 Å². The van der Waals surface area contributed by atoms with Crippen LogP contribution in [-0.2, 0) is 16.9 Å². The molecule has 7 nitrogen and oxygen atoms in total. The zero-order valence-electron chi connectivity index (χ0n) is 16.5. The van der Waals surface area contributed by atoms with Crippen molar-refractivity contribution in [1.29, 1.82) is 0 Å². The molecule has 2 N–H and O–H groups in total.